The third kappa shape index (κ3) is 2.27. The molecule has 5 nitrogen and oxygen atoms in total. The first kappa shape index (κ1) is 22.1. The van der Waals surface area contributed by atoms with Crippen LogP contribution in [0.25, 0.3) is 0 Å². The van der Waals surface area contributed by atoms with Crippen molar-refractivity contribution in [2.24, 2.45) is 28.6 Å². The molecule has 0 radical (unpaired) electrons. The van der Waals surface area contributed by atoms with E-state index in [1.165, 1.54) is 13.0 Å². The van der Waals surface area contributed by atoms with Gasteiger partial charge in [0.15, 0.2) is 17.2 Å². The molecule has 30 heavy (non-hydrogen) atoms. The number of alkyl halides is 2. The second-order valence-corrected chi connectivity index (χ2v) is 10.4. The van der Waals surface area contributed by atoms with Gasteiger partial charge in [-0.3, -0.25) is 9.59 Å². The third-order valence-corrected chi connectivity index (χ3v) is 9.13. The van der Waals surface area contributed by atoms with E-state index >= 15 is 8.78 Å². The molecule has 3 saturated carbocycles. The number of aliphatic hydroxyl groups is 3. The van der Waals surface area contributed by atoms with Gasteiger partial charge in [0, 0.05) is 16.7 Å². The van der Waals surface area contributed by atoms with E-state index in [0.29, 0.717) is 0 Å². The number of carbonyl (C=O) groups is 2. The molecule has 9 atom stereocenters. The molecule has 4 aliphatic carbocycles. The SMILES string of the molecule is C[C@@H]1C[C@H]2[C@@H]3C[C@H](F)C4=CC(=O)C(Cl)=C[C@]4(C)C3(F)[C@@H](O)C[C@]2(C)[C@@]1(O)C(=O)CO. The lowest BCUT2D eigenvalue weighted by atomic mass is 9.44. The number of allylic oxidation sites excluding steroid dienone is 4. The molecule has 0 amide bonds. The van der Waals surface area contributed by atoms with Crippen LogP contribution < -0.4 is 0 Å². The molecule has 3 fully saturated rings. The van der Waals surface area contributed by atoms with Crippen LogP contribution in [0.2, 0.25) is 0 Å². The van der Waals surface area contributed by atoms with Gasteiger partial charge in [0.2, 0.25) is 0 Å². The van der Waals surface area contributed by atoms with Crippen molar-refractivity contribution >= 4 is 23.2 Å². The van der Waals surface area contributed by atoms with Crippen LogP contribution in [0.1, 0.15) is 40.0 Å². The van der Waals surface area contributed by atoms with Gasteiger partial charge in [-0.05, 0) is 55.7 Å². The Kier molecular flexibility index (Phi) is 4.73. The van der Waals surface area contributed by atoms with E-state index in [1.54, 1.807) is 13.8 Å². The van der Waals surface area contributed by atoms with Crippen LogP contribution in [-0.4, -0.2) is 57.0 Å². The van der Waals surface area contributed by atoms with Gasteiger partial charge in [-0.1, -0.05) is 25.4 Å². The first-order valence-electron chi connectivity index (χ1n) is 10.3. The van der Waals surface area contributed by atoms with Gasteiger partial charge in [0.1, 0.15) is 18.4 Å². The van der Waals surface area contributed by atoms with Gasteiger partial charge in [-0.25, -0.2) is 8.78 Å². The van der Waals surface area contributed by atoms with Crippen LogP contribution in [0.5, 0.6) is 0 Å². The van der Waals surface area contributed by atoms with Crippen molar-refractivity contribution in [2.75, 3.05) is 6.61 Å². The maximum absolute atomic E-state index is 17.0. The molecule has 166 valence electrons. The van der Waals surface area contributed by atoms with E-state index in [4.69, 9.17) is 11.6 Å². The van der Waals surface area contributed by atoms with Crippen molar-refractivity contribution in [3.8, 4) is 0 Å². The molecular weight excluding hydrogens is 418 g/mol. The Balaban J connectivity index is 1.89. The Morgan fingerprint density at radius 3 is 2.53 bits per heavy atom. The van der Waals surface area contributed by atoms with Gasteiger partial charge in [-0.2, -0.15) is 0 Å². The molecule has 0 aliphatic heterocycles. The van der Waals surface area contributed by atoms with Crippen LogP contribution in [0, 0.1) is 28.6 Å². The summed E-state index contributed by atoms with van der Waals surface area (Å²) in [6, 6.07) is 0. The van der Waals surface area contributed by atoms with Crippen molar-refractivity contribution < 1.29 is 33.7 Å². The zero-order chi connectivity index (χ0) is 22.4. The van der Waals surface area contributed by atoms with Crippen LogP contribution in [0.4, 0.5) is 8.78 Å². The minimum atomic E-state index is -2.33. The largest absolute Gasteiger partial charge is 0.390 e. The fourth-order valence-electron chi connectivity index (χ4n) is 7.31. The molecular formula is C22H27ClF2O5. The normalized spacial score (nSPS) is 52.7. The Labute approximate surface area is 178 Å². The number of Topliss-reactive ketones (excluding diaryl/α,β-unsaturated/α-hetero) is 1. The maximum Gasteiger partial charge on any atom is 0.196 e. The number of fused-ring (bicyclic) bond motifs is 5. The summed E-state index contributed by atoms with van der Waals surface area (Å²) in [7, 11) is 0. The number of aliphatic hydroxyl groups excluding tert-OH is 2. The molecule has 8 heteroatoms. The summed E-state index contributed by atoms with van der Waals surface area (Å²) in [6.45, 7) is 3.84. The lowest BCUT2D eigenvalue weighted by Gasteiger charge is -2.63. The lowest BCUT2D eigenvalue weighted by Crippen LogP contribution is -2.70. The summed E-state index contributed by atoms with van der Waals surface area (Å²) in [5.74, 6) is -3.59. The zero-order valence-electron chi connectivity index (χ0n) is 17.2. The first-order valence-corrected chi connectivity index (χ1v) is 10.7. The number of ketones is 2. The number of hydrogen-bond acceptors (Lipinski definition) is 5. The van der Waals surface area contributed by atoms with Crippen molar-refractivity contribution in [1.29, 1.82) is 0 Å². The maximum atomic E-state index is 17.0. The Morgan fingerprint density at radius 1 is 1.30 bits per heavy atom. The fraction of sp³-hybridized carbons (Fsp3) is 0.727. The Morgan fingerprint density at radius 2 is 1.93 bits per heavy atom. The Hall–Kier alpha value is -1.15. The smallest absolute Gasteiger partial charge is 0.196 e. The highest BCUT2D eigenvalue weighted by atomic mass is 35.5. The molecule has 0 spiro atoms. The minimum Gasteiger partial charge on any atom is -0.390 e. The van der Waals surface area contributed by atoms with Gasteiger partial charge in [0.25, 0.3) is 0 Å². The van der Waals surface area contributed by atoms with Crippen molar-refractivity contribution in [3.63, 3.8) is 0 Å². The quantitative estimate of drug-likeness (QED) is 0.608. The molecule has 4 rings (SSSR count). The van der Waals surface area contributed by atoms with E-state index in [9.17, 15) is 24.9 Å². The van der Waals surface area contributed by atoms with Crippen LogP contribution in [0.15, 0.2) is 22.8 Å². The summed E-state index contributed by atoms with van der Waals surface area (Å²) in [6.07, 6.45) is -1.28. The lowest BCUT2D eigenvalue weighted by molar-refractivity contribution is -0.223. The molecule has 0 bridgehead atoms. The number of carbonyl (C=O) groups excluding carboxylic acids is 2. The summed E-state index contributed by atoms with van der Waals surface area (Å²) < 4.78 is 32.3. The van der Waals surface area contributed by atoms with E-state index < -0.39 is 70.3 Å². The van der Waals surface area contributed by atoms with Crippen molar-refractivity contribution in [1.82, 2.24) is 0 Å². The highest BCUT2D eigenvalue weighted by Gasteiger charge is 2.76. The standard InChI is InChI=1S/C22H27ClF2O5/c1-10-4-11-12-5-15(24)13-6-16(27)14(23)7-19(13,2)21(12,25)17(28)8-20(11,3)22(10,30)18(29)9-26/h6-7,10-12,15,17,26,28,30H,4-5,8-9H2,1-3H3/t10-,11+,12+,15+,17+,19+,20+,21?,22+/m1/s1. The van der Waals surface area contributed by atoms with Crippen molar-refractivity contribution in [3.05, 3.63) is 22.8 Å². The molecule has 0 saturated heterocycles. The van der Waals surface area contributed by atoms with E-state index in [2.05, 4.69) is 0 Å². The first-order chi connectivity index (χ1) is 13.8. The summed E-state index contributed by atoms with van der Waals surface area (Å²) in [5.41, 5.74) is -7.19. The highest BCUT2D eigenvalue weighted by Crippen LogP contribution is 2.71. The molecule has 3 N–H and O–H groups in total. The molecule has 0 heterocycles. The number of halogens is 3. The Bertz CT molecular complexity index is 889. The van der Waals surface area contributed by atoms with Gasteiger partial charge < -0.3 is 15.3 Å². The van der Waals surface area contributed by atoms with Gasteiger partial charge >= 0.3 is 0 Å². The highest BCUT2D eigenvalue weighted by molar-refractivity contribution is 6.44. The zero-order valence-corrected chi connectivity index (χ0v) is 17.9. The molecule has 0 aromatic rings. The second kappa shape index (κ2) is 6.44. The van der Waals surface area contributed by atoms with Crippen LogP contribution in [0.3, 0.4) is 0 Å². The molecule has 4 aliphatic rings. The third-order valence-electron chi connectivity index (χ3n) is 8.84. The number of rotatable bonds is 2. The molecule has 0 aromatic carbocycles. The van der Waals surface area contributed by atoms with Crippen molar-refractivity contribution in [2.45, 2.75) is 63.6 Å². The summed E-state index contributed by atoms with van der Waals surface area (Å²) in [4.78, 5) is 24.6. The van der Waals surface area contributed by atoms with Crippen LogP contribution in [-0.2, 0) is 9.59 Å². The monoisotopic (exact) mass is 444 g/mol. The van der Waals surface area contributed by atoms with E-state index in [-0.39, 0.29) is 29.9 Å². The second-order valence-electron chi connectivity index (χ2n) is 9.96. The predicted octanol–water partition coefficient (Wildman–Crippen LogP) is 2.41. The van der Waals surface area contributed by atoms with E-state index in [0.717, 1.165) is 6.08 Å². The molecule has 1 unspecified atom stereocenters. The van der Waals surface area contributed by atoms with Gasteiger partial charge in [0.05, 0.1) is 11.1 Å². The average Bonchev–Trinajstić information content (AvgIpc) is 2.87. The predicted molar refractivity (Wildman–Crippen MR) is 105 cm³/mol. The fourth-order valence-corrected chi connectivity index (χ4v) is 7.58. The average molecular weight is 445 g/mol. The topological polar surface area (TPSA) is 94.8 Å². The number of hydrogen-bond donors (Lipinski definition) is 3. The summed E-state index contributed by atoms with van der Waals surface area (Å²) >= 11 is 6.02. The summed E-state index contributed by atoms with van der Waals surface area (Å²) in [5, 5.41) is 31.7. The van der Waals surface area contributed by atoms with E-state index in [1.807, 2.05) is 0 Å². The van der Waals surface area contributed by atoms with Gasteiger partial charge in [-0.15, -0.1) is 0 Å². The molecule has 0 aromatic heterocycles. The minimum absolute atomic E-state index is 0.0361. The van der Waals surface area contributed by atoms with Crippen LogP contribution >= 0.6 is 11.6 Å².